The molecule has 1 N–H and O–H groups in total. The van der Waals surface area contributed by atoms with Gasteiger partial charge in [-0.2, -0.15) is 13.2 Å². The lowest BCUT2D eigenvalue weighted by Gasteiger charge is -2.29. The first-order chi connectivity index (χ1) is 8.97. The minimum absolute atomic E-state index is 0.234. The molecule has 1 aliphatic heterocycles. The van der Waals surface area contributed by atoms with Crippen LogP contribution in [0.2, 0.25) is 0 Å². The second kappa shape index (κ2) is 5.88. The maximum Gasteiger partial charge on any atom is 0.417 e. The lowest BCUT2D eigenvalue weighted by Crippen LogP contribution is -2.42. The van der Waals surface area contributed by atoms with Gasteiger partial charge in [0.15, 0.2) is 0 Å². The molecule has 1 aliphatic rings. The molecule has 19 heavy (non-hydrogen) atoms. The van der Waals surface area contributed by atoms with Crippen LogP contribution in [0.25, 0.3) is 0 Å². The van der Waals surface area contributed by atoms with Gasteiger partial charge in [-0.15, -0.1) is 0 Å². The van der Waals surface area contributed by atoms with Crippen molar-refractivity contribution in [2.75, 3.05) is 13.2 Å². The lowest BCUT2D eigenvalue weighted by atomic mass is 9.97. The number of rotatable bonds is 3. The van der Waals surface area contributed by atoms with Crippen molar-refractivity contribution in [2.24, 2.45) is 5.92 Å². The summed E-state index contributed by atoms with van der Waals surface area (Å²) in [4.78, 5) is 3.83. The summed E-state index contributed by atoms with van der Waals surface area (Å²) in [6, 6.07) is 2.70. The van der Waals surface area contributed by atoms with Crippen molar-refractivity contribution in [1.82, 2.24) is 10.3 Å². The van der Waals surface area contributed by atoms with Crippen LogP contribution in [0.4, 0.5) is 13.2 Å². The number of ether oxygens (including phenoxy) is 1. The highest BCUT2D eigenvalue weighted by Crippen LogP contribution is 2.28. The summed E-state index contributed by atoms with van der Waals surface area (Å²) in [5.41, 5.74) is -0.114. The zero-order valence-electron chi connectivity index (χ0n) is 10.7. The first-order valence-corrected chi connectivity index (χ1v) is 6.30. The Labute approximate surface area is 110 Å². The molecular weight excluding hydrogens is 257 g/mol. The van der Waals surface area contributed by atoms with E-state index in [1.165, 1.54) is 6.07 Å². The average molecular weight is 274 g/mol. The van der Waals surface area contributed by atoms with E-state index in [1.807, 2.05) is 0 Å². The van der Waals surface area contributed by atoms with Crippen LogP contribution in [0.15, 0.2) is 18.3 Å². The van der Waals surface area contributed by atoms with E-state index in [2.05, 4.69) is 17.2 Å². The predicted molar refractivity (Wildman–Crippen MR) is 64.5 cm³/mol. The summed E-state index contributed by atoms with van der Waals surface area (Å²) in [5, 5.41) is 3.28. The molecule has 1 fully saturated rings. The van der Waals surface area contributed by atoms with Crippen LogP contribution >= 0.6 is 0 Å². The van der Waals surface area contributed by atoms with Gasteiger partial charge in [0.25, 0.3) is 0 Å². The molecule has 2 heterocycles. The Balaban J connectivity index is 1.89. The van der Waals surface area contributed by atoms with E-state index in [0.29, 0.717) is 24.8 Å². The molecule has 0 amide bonds. The molecule has 1 aromatic rings. The van der Waals surface area contributed by atoms with E-state index in [4.69, 9.17) is 4.74 Å². The van der Waals surface area contributed by atoms with Gasteiger partial charge in [0, 0.05) is 25.4 Å². The second-order valence-electron chi connectivity index (χ2n) is 4.86. The fraction of sp³-hybridized carbons (Fsp3) is 0.615. The van der Waals surface area contributed by atoms with Crippen LogP contribution in [-0.2, 0) is 17.5 Å². The molecule has 2 rings (SSSR count). The molecule has 0 saturated carbocycles. The number of nitrogens with zero attached hydrogens (tertiary/aromatic N) is 1. The molecule has 0 unspecified atom stereocenters. The van der Waals surface area contributed by atoms with E-state index in [1.54, 1.807) is 0 Å². The number of nitrogens with one attached hydrogen (secondary N) is 1. The fourth-order valence-electron chi connectivity index (χ4n) is 2.04. The summed E-state index contributed by atoms with van der Waals surface area (Å²) in [5.74, 6) is 0.503. The van der Waals surface area contributed by atoms with Gasteiger partial charge in [0.1, 0.15) is 0 Å². The zero-order valence-corrected chi connectivity index (χ0v) is 10.7. The molecule has 6 heteroatoms. The summed E-state index contributed by atoms with van der Waals surface area (Å²) in [6.07, 6.45) is -2.46. The Morgan fingerprint density at radius 3 is 2.79 bits per heavy atom. The third kappa shape index (κ3) is 3.91. The Bertz CT molecular complexity index is 405. The minimum atomic E-state index is -4.33. The SMILES string of the molecule is C[C@H]1CCOC[C@@H]1NCc1ccc(C(F)(F)F)cn1. The van der Waals surface area contributed by atoms with E-state index in [-0.39, 0.29) is 6.04 Å². The van der Waals surface area contributed by atoms with E-state index in [9.17, 15) is 13.2 Å². The highest BCUT2D eigenvalue weighted by molar-refractivity contribution is 5.16. The van der Waals surface area contributed by atoms with Gasteiger partial charge in [0.2, 0.25) is 0 Å². The normalized spacial score (nSPS) is 24.4. The van der Waals surface area contributed by atoms with E-state index >= 15 is 0 Å². The van der Waals surface area contributed by atoms with Gasteiger partial charge in [-0.05, 0) is 24.5 Å². The van der Waals surface area contributed by atoms with E-state index in [0.717, 1.165) is 25.3 Å². The molecule has 0 bridgehead atoms. The Kier molecular flexibility index (Phi) is 4.42. The molecule has 106 valence electrons. The molecule has 0 aliphatic carbocycles. The molecule has 0 aromatic carbocycles. The standard InChI is InChI=1S/C13H17F3N2O/c1-9-4-5-19-8-12(9)18-7-11-3-2-10(6-17-11)13(14,15)16/h2-3,6,9,12,18H,4-5,7-8H2,1H3/t9-,12-/m0/s1. The smallest absolute Gasteiger partial charge is 0.380 e. The molecule has 0 radical (unpaired) electrons. The first kappa shape index (κ1) is 14.3. The van der Waals surface area contributed by atoms with Crippen molar-refractivity contribution >= 4 is 0 Å². The zero-order chi connectivity index (χ0) is 13.9. The molecule has 1 aromatic heterocycles. The Morgan fingerprint density at radius 1 is 1.42 bits per heavy atom. The maximum absolute atomic E-state index is 12.4. The highest BCUT2D eigenvalue weighted by Gasteiger charge is 2.30. The van der Waals surface area contributed by atoms with Gasteiger partial charge in [-0.3, -0.25) is 4.98 Å². The average Bonchev–Trinajstić information content (AvgIpc) is 2.37. The number of hydrogen-bond donors (Lipinski definition) is 1. The van der Waals surface area contributed by atoms with Crippen LogP contribution in [0, 0.1) is 5.92 Å². The quantitative estimate of drug-likeness (QED) is 0.920. The molecular formula is C13H17F3N2O. The van der Waals surface area contributed by atoms with Crippen molar-refractivity contribution in [3.63, 3.8) is 0 Å². The number of pyridine rings is 1. The molecule has 3 nitrogen and oxygen atoms in total. The first-order valence-electron chi connectivity index (χ1n) is 6.30. The number of alkyl halides is 3. The van der Waals surface area contributed by atoms with Crippen molar-refractivity contribution in [2.45, 2.75) is 32.1 Å². The Hall–Kier alpha value is -1.14. The van der Waals surface area contributed by atoms with Gasteiger partial charge in [-0.25, -0.2) is 0 Å². The largest absolute Gasteiger partial charge is 0.417 e. The number of hydrogen-bond acceptors (Lipinski definition) is 3. The number of aromatic nitrogens is 1. The third-order valence-electron chi connectivity index (χ3n) is 3.40. The van der Waals surface area contributed by atoms with Crippen molar-refractivity contribution < 1.29 is 17.9 Å². The highest BCUT2D eigenvalue weighted by atomic mass is 19.4. The van der Waals surface area contributed by atoms with Crippen LogP contribution in [0.3, 0.4) is 0 Å². The van der Waals surface area contributed by atoms with Gasteiger partial charge >= 0.3 is 6.18 Å². The van der Waals surface area contributed by atoms with Gasteiger partial charge in [-0.1, -0.05) is 6.92 Å². The summed E-state index contributed by atoms with van der Waals surface area (Å²) in [7, 11) is 0. The van der Waals surface area contributed by atoms with Crippen LogP contribution in [0.5, 0.6) is 0 Å². The molecule has 0 spiro atoms. The summed E-state index contributed by atoms with van der Waals surface area (Å²) >= 11 is 0. The second-order valence-corrected chi connectivity index (χ2v) is 4.86. The third-order valence-corrected chi connectivity index (χ3v) is 3.40. The van der Waals surface area contributed by atoms with Crippen LogP contribution in [-0.4, -0.2) is 24.2 Å². The van der Waals surface area contributed by atoms with Crippen molar-refractivity contribution in [3.05, 3.63) is 29.6 Å². The minimum Gasteiger partial charge on any atom is -0.380 e. The fourth-order valence-corrected chi connectivity index (χ4v) is 2.04. The van der Waals surface area contributed by atoms with Crippen LogP contribution < -0.4 is 5.32 Å². The monoisotopic (exact) mass is 274 g/mol. The van der Waals surface area contributed by atoms with Crippen molar-refractivity contribution in [1.29, 1.82) is 0 Å². The molecule has 1 saturated heterocycles. The summed E-state index contributed by atoms with van der Waals surface area (Å²) in [6.45, 7) is 4.01. The summed E-state index contributed by atoms with van der Waals surface area (Å²) < 4.78 is 42.5. The topological polar surface area (TPSA) is 34.1 Å². The Morgan fingerprint density at radius 2 is 2.21 bits per heavy atom. The van der Waals surface area contributed by atoms with Gasteiger partial charge in [0.05, 0.1) is 17.9 Å². The van der Waals surface area contributed by atoms with E-state index < -0.39 is 11.7 Å². The molecule has 2 atom stereocenters. The maximum atomic E-state index is 12.4. The van der Waals surface area contributed by atoms with Crippen molar-refractivity contribution in [3.8, 4) is 0 Å². The lowest BCUT2D eigenvalue weighted by molar-refractivity contribution is -0.137. The predicted octanol–water partition coefficient (Wildman–Crippen LogP) is 2.62. The number of halogens is 3. The van der Waals surface area contributed by atoms with Gasteiger partial charge < -0.3 is 10.1 Å². The van der Waals surface area contributed by atoms with Crippen LogP contribution in [0.1, 0.15) is 24.6 Å².